The van der Waals surface area contributed by atoms with Crippen LogP contribution in [-0.4, -0.2) is 28.9 Å². The summed E-state index contributed by atoms with van der Waals surface area (Å²) in [6, 6.07) is 0. The van der Waals surface area contributed by atoms with Crippen molar-refractivity contribution < 1.29 is 0 Å². The van der Waals surface area contributed by atoms with Gasteiger partial charge in [-0.3, -0.25) is 4.90 Å². The highest BCUT2D eigenvalue weighted by atomic mass is 79.9. The average Bonchev–Trinajstić information content (AvgIpc) is 1.57. The Balaban J connectivity index is 2.26. The normalized spacial score (nSPS) is 22.8. The summed E-state index contributed by atoms with van der Waals surface area (Å²) in [6.45, 7) is 9.37. The Morgan fingerprint density at radius 1 is 1.40 bits per heavy atom. The van der Waals surface area contributed by atoms with Crippen LogP contribution < -0.4 is 0 Å². The second kappa shape index (κ2) is 2.82. The number of hydrogen-bond acceptors (Lipinski definition) is 1. The smallest absolute Gasteiger partial charge is 0.0125 e. The number of alkyl halides is 1. The Bertz CT molecular complexity index is 111. The van der Waals surface area contributed by atoms with E-state index in [9.17, 15) is 0 Å². The number of rotatable bonds is 1. The molecule has 0 unspecified atom stereocenters. The molecule has 0 N–H and O–H groups in total. The van der Waals surface area contributed by atoms with E-state index >= 15 is 0 Å². The Morgan fingerprint density at radius 2 is 1.90 bits per heavy atom. The van der Waals surface area contributed by atoms with Gasteiger partial charge in [0.1, 0.15) is 0 Å². The van der Waals surface area contributed by atoms with E-state index in [1.165, 1.54) is 18.4 Å². The summed E-state index contributed by atoms with van der Waals surface area (Å²) in [7, 11) is 0. The molecule has 1 heterocycles. The monoisotopic (exact) mass is 205 g/mol. The molecule has 1 saturated heterocycles. The van der Waals surface area contributed by atoms with Crippen LogP contribution in [0.2, 0.25) is 0 Å². The van der Waals surface area contributed by atoms with Crippen molar-refractivity contribution in [3.05, 3.63) is 0 Å². The largest absolute Gasteiger partial charge is 0.298 e. The first-order valence-corrected chi connectivity index (χ1v) is 4.97. The van der Waals surface area contributed by atoms with Gasteiger partial charge in [-0.15, -0.1) is 0 Å². The molecule has 0 radical (unpaired) electrons. The summed E-state index contributed by atoms with van der Waals surface area (Å²) < 4.78 is 0. The maximum atomic E-state index is 3.49. The maximum absolute atomic E-state index is 3.49. The lowest BCUT2D eigenvalue weighted by molar-refractivity contribution is 0.0250. The molecule has 1 aliphatic heterocycles. The van der Waals surface area contributed by atoms with Gasteiger partial charge < -0.3 is 0 Å². The van der Waals surface area contributed by atoms with E-state index in [1.54, 1.807) is 0 Å². The zero-order valence-corrected chi connectivity index (χ0v) is 8.61. The molecule has 0 aromatic carbocycles. The van der Waals surface area contributed by atoms with Crippen LogP contribution in [0.1, 0.15) is 20.8 Å². The fourth-order valence-corrected chi connectivity index (χ4v) is 1.62. The number of likely N-dealkylation sites (tertiary alicyclic amines) is 1. The van der Waals surface area contributed by atoms with Crippen molar-refractivity contribution in [1.29, 1.82) is 0 Å². The van der Waals surface area contributed by atoms with Gasteiger partial charge in [0, 0.05) is 24.0 Å². The first kappa shape index (κ1) is 8.54. The van der Waals surface area contributed by atoms with Crippen LogP contribution in [0.25, 0.3) is 0 Å². The van der Waals surface area contributed by atoms with Crippen LogP contribution in [0.15, 0.2) is 0 Å². The third-order valence-electron chi connectivity index (χ3n) is 2.12. The minimum absolute atomic E-state index is 0.388. The molecule has 0 aliphatic carbocycles. The third-order valence-corrected chi connectivity index (χ3v) is 3.04. The molecule has 1 aliphatic rings. The second-order valence-corrected chi connectivity index (χ2v) is 4.74. The van der Waals surface area contributed by atoms with E-state index in [1.807, 2.05) is 0 Å². The van der Waals surface area contributed by atoms with Crippen molar-refractivity contribution in [3.63, 3.8) is 0 Å². The lowest BCUT2D eigenvalue weighted by atomic mass is 9.94. The highest BCUT2D eigenvalue weighted by Crippen LogP contribution is 2.25. The van der Waals surface area contributed by atoms with Gasteiger partial charge >= 0.3 is 0 Å². The maximum Gasteiger partial charge on any atom is 0.0125 e. The molecular weight excluding hydrogens is 190 g/mol. The molecule has 1 nitrogen and oxygen atoms in total. The topological polar surface area (TPSA) is 3.24 Å². The molecule has 0 spiro atoms. The fraction of sp³-hybridized carbons (Fsp3) is 1.00. The van der Waals surface area contributed by atoms with Gasteiger partial charge in [0.25, 0.3) is 0 Å². The van der Waals surface area contributed by atoms with Gasteiger partial charge in [-0.1, -0.05) is 15.9 Å². The first-order chi connectivity index (χ1) is 4.54. The number of nitrogens with zero attached hydrogens (tertiary/aromatic N) is 1. The summed E-state index contributed by atoms with van der Waals surface area (Å²) in [4.78, 5) is 2.51. The Hall–Kier alpha value is 0.440. The molecule has 0 aromatic heterocycles. The second-order valence-electron chi connectivity index (χ2n) is 4.10. The summed E-state index contributed by atoms with van der Waals surface area (Å²) >= 11 is 3.49. The molecule has 0 amide bonds. The Kier molecular flexibility index (Phi) is 2.41. The van der Waals surface area contributed by atoms with E-state index in [0.29, 0.717) is 5.54 Å². The molecule has 0 aromatic rings. The molecule has 60 valence electrons. The van der Waals surface area contributed by atoms with Crippen LogP contribution in [0.5, 0.6) is 0 Å². The molecule has 1 fully saturated rings. The van der Waals surface area contributed by atoms with Gasteiger partial charge in [-0.2, -0.15) is 0 Å². The zero-order valence-electron chi connectivity index (χ0n) is 7.02. The van der Waals surface area contributed by atoms with E-state index in [-0.39, 0.29) is 0 Å². The first-order valence-electron chi connectivity index (χ1n) is 3.85. The van der Waals surface area contributed by atoms with Gasteiger partial charge in [-0.05, 0) is 26.7 Å². The van der Waals surface area contributed by atoms with Crippen LogP contribution in [0.3, 0.4) is 0 Å². The molecule has 1 rings (SSSR count). The molecule has 10 heavy (non-hydrogen) atoms. The quantitative estimate of drug-likeness (QED) is 0.594. The summed E-state index contributed by atoms with van der Waals surface area (Å²) in [5.41, 5.74) is 0.388. The minimum atomic E-state index is 0.388. The van der Waals surface area contributed by atoms with Crippen molar-refractivity contribution in [2.75, 3.05) is 18.4 Å². The van der Waals surface area contributed by atoms with Crippen LogP contribution in [0.4, 0.5) is 0 Å². The highest BCUT2D eigenvalue weighted by Gasteiger charge is 2.33. The lowest BCUT2D eigenvalue weighted by Crippen LogP contribution is -2.56. The third kappa shape index (κ3) is 1.73. The standard InChI is InChI=1S/C8H16BrN/c1-8(2,3)10-5-7(4-9)6-10/h7H,4-6H2,1-3H3. The van der Waals surface area contributed by atoms with E-state index in [2.05, 4.69) is 41.6 Å². The van der Waals surface area contributed by atoms with Gasteiger partial charge in [0.2, 0.25) is 0 Å². The minimum Gasteiger partial charge on any atom is -0.298 e. The van der Waals surface area contributed by atoms with E-state index in [4.69, 9.17) is 0 Å². The lowest BCUT2D eigenvalue weighted by Gasteiger charge is -2.47. The SMILES string of the molecule is CC(C)(C)N1CC(CBr)C1. The molecule has 0 saturated carbocycles. The molecule has 2 heteroatoms. The van der Waals surface area contributed by atoms with Crippen LogP contribution in [-0.2, 0) is 0 Å². The predicted octanol–water partition coefficient (Wildman–Crippen LogP) is 2.11. The summed E-state index contributed by atoms with van der Waals surface area (Å²) in [5.74, 6) is 0.902. The fourth-order valence-electron chi connectivity index (χ4n) is 1.22. The Labute approximate surface area is 71.9 Å². The zero-order chi connectivity index (χ0) is 7.78. The van der Waals surface area contributed by atoms with Gasteiger partial charge in [0.15, 0.2) is 0 Å². The van der Waals surface area contributed by atoms with Crippen molar-refractivity contribution >= 4 is 15.9 Å². The number of hydrogen-bond donors (Lipinski definition) is 0. The van der Waals surface area contributed by atoms with E-state index < -0.39 is 0 Å². The number of halogens is 1. The molecule has 0 bridgehead atoms. The van der Waals surface area contributed by atoms with E-state index in [0.717, 1.165) is 5.92 Å². The van der Waals surface area contributed by atoms with Crippen molar-refractivity contribution in [3.8, 4) is 0 Å². The van der Waals surface area contributed by atoms with Crippen molar-refractivity contribution in [1.82, 2.24) is 4.90 Å². The summed E-state index contributed by atoms with van der Waals surface area (Å²) in [6.07, 6.45) is 0. The van der Waals surface area contributed by atoms with Gasteiger partial charge in [0.05, 0.1) is 0 Å². The van der Waals surface area contributed by atoms with Crippen molar-refractivity contribution in [2.24, 2.45) is 5.92 Å². The van der Waals surface area contributed by atoms with Gasteiger partial charge in [-0.25, -0.2) is 0 Å². The predicted molar refractivity (Wildman–Crippen MR) is 48.6 cm³/mol. The van der Waals surface area contributed by atoms with Crippen LogP contribution >= 0.6 is 15.9 Å². The van der Waals surface area contributed by atoms with Crippen LogP contribution in [0, 0.1) is 5.92 Å². The average molecular weight is 206 g/mol. The summed E-state index contributed by atoms with van der Waals surface area (Å²) in [5, 5.41) is 1.17. The highest BCUT2D eigenvalue weighted by molar-refractivity contribution is 9.09. The van der Waals surface area contributed by atoms with Crippen molar-refractivity contribution in [2.45, 2.75) is 26.3 Å². The Morgan fingerprint density at radius 3 is 2.20 bits per heavy atom. The molecule has 0 atom stereocenters. The molecular formula is C8H16BrN.